The smallest absolute Gasteiger partial charge is 0.0697 e. The van der Waals surface area contributed by atoms with Crippen LogP contribution in [0.2, 0.25) is 0 Å². The summed E-state index contributed by atoms with van der Waals surface area (Å²) in [4.78, 5) is 4.05. The van der Waals surface area contributed by atoms with E-state index in [0.29, 0.717) is 6.04 Å². The third kappa shape index (κ3) is 2.89. The first-order valence-electron chi connectivity index (χ1n) is 6.89. The lowest BCUT2D eigenvalue weighted by Gasteiger charge is -2.34. The quantitative estimate of drug-likeness (QED) is 0.924. The van der Waals surface area contributed by atoms with Crippen molar-refractivity contribution in [1.82, 2.24) is 10.2 Å². The van der Waals surface area contributed by atoms with Gasteiger partial charge in [-0.05, 0) is 23.9 Å². The molecule has 1 aliphatic heterocycles. The van der Waals surface area contributed by atoms with Crippen molar-refractivity contribution in [3.63, 3.8) is 0 Å². The van der Waals surface area contributed by atoms with Gasteiger partial charge in [0, 0.05) is 31.1 Å². The molecule has 0 saturated carbocycles. The molecule has 1 aliphatic rings. The summed E-state index contributed by atoms with van der Waals surface area (Å²) in [5.41, 5.74) is 2.76. The maximum Gasteiger partial charge on any atom is 0.0697 e. The minimum atomic E-state index is 0.419. The minimum Gasteiger partial charge on any atom is -0.314 e. The Kier molecular flexibility index (Phi) is 3.97. The predicted molar refractivity (Wildman–Crippen MR) is 81.8 cm³/mol. The molecule has 0 radical (unpaired) electrons. The largest absolute Gasteiger partial charge is 0.314 e. The van der Waals surface area contributed by atoms with Gasteiger partial charge in [-0.3, -0.25) is 4.90 Å². The monoisotopic (exact) mass is 272 g/mol. The SMILES string of the molecule is Cc1cccc(C(c2cccs2)N2CCNCC2)c1. The second-order valence-electron chi connectivity index (χ2n) is 5.12. The molecule has 1 unspecified atom stereocenters. The number of rotatable bonds is 3. The van der Waals surface area contributed by atoms with E-state index in [-0.39, 0.29) is 0 Å². The van der Waals surface area contributed by atoms with Crippen molar-refractivity contribution in [2.24, 2.45) is 0 Å². The van der Waals surface area contributed by atoms with Gasteiger partial charge in [-0.2, -0.15) is 0 Å². The van der Waals surface area contributed by atoms with Crippen LogP contribution in [-0.4, -0.2) is 31.1 Å². The van der Waals surface area contributed by atoms with Crippen LogP contribution in [0.15, 0.2) is 41.8 Å². The van der Waals surface area contributed by atoms with Gasteiger partial charge in [0.2, 0.25) is 0 Å². The lowest BCUT2D eigenvalue weighted by molar-refractivity contribution is 0.200. The number of thiophene rings is 1. The number of hydrogen-bond acceptors (Lipinski definition) is 3. The van der Waals surface area contributed by atoms with E-state index in [2.05, 4.69) is 58.9 Å². The van der Waals surface area contributed by atoms with Crippen LogP contribution in [0.25, 0.3) is 0 Å². The van der Waals surface area contributed by atoms with E-state index >= 15 is 0 Å². The Morgan fingerprint density at radius 2 is 2.00 bits per heavy atom. The summed E-state index contributed by atoms with van der Waals surface area (Å²) in [7, 11) is 0. The molecule has 3 rings (SSSR count). The zero-order valence-corrected chi connectivity index (χ0v) is 12.1. The fraction of sp³-hybridized carbons (Fsp3) is 0.375. The molecule has 1 aromatic heterocycles. The van der Waals surface area contributed by atoms with Gasteiger partial charge >= 0.3 is 0 Å². The van der Waals surface area contributed by atoms with Crippen LogP contribution in [0, 0.1) is 6.92 Å². The van der Waals surface area contributed by atoms with Crippen LogP contribution >= 0.6 is 11.3 Å². The van der Waals surface area contributed by atoms with Crippen molar-refractivity contribution in [3.8, 4) is 0 Å². The molecule has 2 nitrogen and oxygen atoms in total. The van der Waals surface area contributed by atoms with Gasteiger partial charge in [0.1, 0.15) is 0 Å². The molecule has 3 heteroatoms. The van der Waals surface area contributed by atoms with Crippen molar-refractivity contribution in [1.29, 1.82) is 0 Å². The van der Waals surface area contributed by atoms with Crippen molar-refractivity contribution in [2.45, 2.75) is 13.0 Å². The zero-order chi connectivity index (χ0) is 13.1. The molecule has 0 aliphatic carbocycles. The van der Waals surface area contributed by atoms with Crippen LogP contribution in [0.3, 0.4) is 0 Å². The summed E-state index contributed by atoms with van der Waals surface area (Å²) in [6.45, 7) is 6.60. The van der Waals surface area contributed by atoms with Crippen LogP contribution in [-0.2, 0) is 0 Å². The van der Waals surface area contributed by atoms with E-state index in [1.807, 2.05) is 11.3 Å². The molecule has 0 spiro atoms. The van der Waals surface area contributed by atoms with Gasteiger partial charge in [0.05, 0.1) is 6.04 Å². The zero-order valence-electron chi connectivity index (χ0n) is 11.3. The molecule has 2 heterocycles. The van der Waals surface area contributed by atoms with E-state index in [9.17, 15) is 0 Å². The second kappa shape index (κ2) is 5.87. The first-order chi connectivity index (χ1) is 9.34. The Labute approximate surface area is 119 Å². The summed E-state index contributed by atoms with van der Waals surface area (Å²) in [5, 5.41) is 5.62. The Morgan fingerprint density at radius 1 is 1.16 bits per heavy atom. The molecule has 1 fully saturated rings. The van der Waals surface area contributed by atoms with E-state index in [0.717, 1.165) is 26.2 Å². The average molecular weight is 272 g/mol. The van der Waals surface area contributed by atoms with Crippen molar-refractivity contribution < 1.29 is 0 Å². The Balaban J connectivity index is 1.96. The molecule has 1 atom stereocenters. The third-order valence-electron chi connectivity index (χ3n) is 3.69. The fourth-order valence-electron chi connectivity index (χ4n) is 2.78. The predicted octanol–water partition coefficient (Wildman–Crippen LogP) is 3.05. The molecule has 2 aromatic rings. The van der Waals surface area contributed by atoms with E-state index in [1.165, 1.54) is 16.0 Å². The van der Waals surface area contributed by atoms with Gasteiger partial charge in [-0.15, -0.1) is 11.3 Å². The lowest BCUT2D eigenvalue weighted by Crippen LogP contribution is -2.45. The molecule has 1 aromatic carbocycles. The van der Waals surface area contributed by atoms with Crippen LogP contribution < -0.4 is 5.32 Å². The Bertz CT molecular complexity index is 515. The first-order valence-corrected chi connectivity index (χ1v) is 7.77. The molecule has 0 amide bonds. The third-order valence-corrected chi connectivity index (χ3v) is 4.61. The maximum absolute atomic E-state index is 3.44. The maximum atomic E-state index is 3.44. The summed E-state index contributed by atoms with van der Waals surface area (Å²) >= 11 is 1.86. The fourth-order valence-corrected chi connectivity index (χ4v) is 3.67. The lowest BCUT2D eigenvalue weighted by atomic mass is 10.0. The summed E-state index contributed by atoms with van der Waals surface area (Å²) < 4.78 is 0. The Morgan fingerprint density at radius 3 is 2.68 bits per heavy atom. The standard InChI is InChI=1S/C16H20N2S/c1-13-4-2-5-14(12-13)16(15-6-3-11-19-15)18-9-7-17-8-10-18/h2-6,11-12,16-17H,7-10H2,1H3. The summed E-state index contributed by atoms with van der Waals surface area (Å²) in [5.74, 6) is 0. The molecular weight excluding hydrogens is 252 g/mol. The molecule has 19 heavy (non-hydrogen) atoms. The molecule has 100 valence electrons. The number of nitrogens with zero attached hydrogens (tertiary/aromatic N) is 1. The molecule has 0 bridgehead atoms. The molecular formula is C16H20N2S. The van der Waals surface area contributed by atoms with Crippen LogP contribution in [0.5, 0.6) is 0 Å². The first kappa shape index (κ1) is 12.9. The normalized spacial score (nSPS) is 18.4. The minimum absolute atomic E-state index is 0.419. The van der Waals surface area contributed by atoms with Crippen LogP contribution in [0.1, 0.15) is 22.0 Å². The topological polar surface area (TPSA) is 15.3 Å². The number of benzene rings is 1. The van der Waals surface area contributed by atoms with Gasteiger partial charge in [-0.25, -0.2) is 0 Å². The number of piperazine rings is 1. The highest BCUT2D eigenvalue weighted by Gasteiger charge is 2.24. The highest BCUT2D eigenvalue weighted by molar-refractivity contribution is 7.10. The van der Waals surface area contributed by atoms with E-state index < -0.39 is 0 Å². The second-order valence-corrected chi connectivity index (χ2v) is 6.10. The van der Waals surface area contributed by atoms with Crippen molar-refractivity contribution in [2.75, 3.05) is 26.2 Å². The molecule has 1 N–H and O–H groups in total. The van der Waals surface area contributed by atoms with Gasteiger partial charge in [-0.1, -0.05) is 35.9 Å². The number of aryl methyl sites for hydroxylation is 1. The average Bonchev–Trinajstić information content (AvgIpc) is 2.94. The summed E-state index contributed by atoms with van der Waals surface area (Å²) in [6.07, 6.45) is 0. The highest BCUT2D eigenvalue weighted by Crippen LogP contribution is 2.32. The van der Waals surface area contributed by atoms with E-state index in [4.69, 9.17) is 0 Å². The number of hydrogen-bond donors (Lipinski definition) is 1. The van der Waals surface area contributed by atoms with Gasteiger partial charge in [0.15, 0.2) is 0 Å². The molecule has 1 saturated heterocycles. The van der Waals surface area contributed by atoms with Crippen LogP contribution in [0.4, 0.5) is 0 Å². The van der Waals surface area contributed by atoms with E-state index in [1.54, 1.807) is 0 Å². The summed E-state index contributed by atoms with van der Waals surface area (Å²) in [6, 6.07) is 13.8. The van der Waals surface area contributed by atoms with Gasteiger partial charge in [0.25, 0.3) is 0 Å². The number of nitrogens with one attached hydrogen (secondary N) is 1. The highest BCUT2D eigenvalue weighted by atomic mass is 32.1. The van der Waals surface area contributed by atoms with Gasteiger partial charge < -0.3 is 5.32 Å². The van der Waals surface area contributed by atoms with Crippen molar-refractivity contribution >= 4 is 11.3 Å². The Hall–Kier alpha value is -1.16. The van der Waals surface area contributed by atoms with Crippen molar-refractivity contribution in [3.05, 3.63) is 57.8 Å².